The van der Waals surface area contributed by atoms with Crippen LogP contribution in [-0.4, -0.2) is 17.6 Å². The van der Waals surface area contributed by atoms with Crippen LogP contribution < -0.4 is 10.1 Å². The van der Waals surface area contributed by atoms with E-state index in [1.807, 2.05) is 24.3 Å². The van der Waals surface area contributed by atoms with Gasteiger partial charge < -0.3 is 14.6 Å². The third-order valence-corrected chi connectivity index (χ3v) is 5.37. The van der Waals surface area contributed by atoms with Crippen LogP contribution in [0.2, 0.25) is 0 Å². The van der Waals surface area contributed by atoms with Crippen molar-refractivity contribution < 1.29 is 9.53 Å². The molecular formula is C20H24N2O2. The van der Waals surface area contributed by atoms with E-state index >= 15 is 0 Å². The van der Waals surface area contributed by atoms with Gasteiger partial charge in [-0.3, -0.25) is 4.79 Å². The first kappa shape index (κ1) is 15.3. The molecule has 1 N–H and O–H groups in total. The lowest BCUT2D eigenvalue weighted by Gasteiger charge is -2.19. The highest BCUT2D eigenvalue weighted by Crippen LogP contribution is 2.46. The molecule has 0 aliphatic heterocycles. The minimum absolute atomic E-state index is 0.0373. The maximum Gasteiger partial charge on any atom is 0.253 e. The summed E-state index contributed by atoms with van der Waals surface area (Å²) in [4.78, 5) is 12.9. The molecule has 0 atom stereocenters. The number of ether oxygens (including phenoxy) is 1. The zero-order chi connectivity index (χ0) is 16.9. The number of nitrogens with zero attached hydrogens (tertiary/aromatic N) is 1. The van der Waals surface area contributed by atoms with E-state index in [-0.39, 0.29) is 11.4 Å². The smallest absolute Gasteiger partial charge is 0.253 e. The lowest BCUT2D eigenvalue weighted by atomic mass is 10.0. The van der Waals surface area contributed by atoms with E-state index in [1.54, 1.807) is 7.11 Å². The number of amides is 1. The molecule has 0 unspecified atom stereocenters. The van der Waals surface area contributed by atoms with E-state index < -0.39 is 0 Å². The van der Waals surface area contributed by atoms with Crippen LogP contribution in [0.5, 0.6) is 5.75 Å². The third-order valence-electron chi connectivity index (χ3n) is 5.37. The van der Waals surface area contributed by atoms with Crippen molar-refractivity contribution in [2.75, 3.05) is 7.11 Å². The fourth-order valence-corrected chi connectivity index (χ4v) is 3.72. The molecule has 4 nitrogen and oxygen atoms in total. The number of rotatable bonds is 5. The molecule has 0 radical (unpaired) electrons. The molecule has 1 aromatic carbocycles. The number of aromatic nitrogens is 1. The SMILES string of the molecule is COc1cccc(C2(NC(=O)c3cc(C)n(C4CC4)c3C)CC2)c1. The van der Waals surface area contributed by atoms with Crippen LogP contribution in [0.3, 0.4) is 0 Å². The molecule has 126 valence electrons. The monoisotopic (exact) mass is 324 g/mol. The highest BCUT2D eigenvalue weighted by Gasteiger charge is 2.46. The average molecular weight is 324 g/mol. The van der Waals surface area contributed by atoms with Crippen LogP contribution >= 0.6 is 0 Å². The van der Waals surface area contributed by atoms with E-state index in [9.17, 15) is 4.79 Å². The van der Waals surface area contributed by atoms with Gasteiger partial charge in [0.25, 0.3) is 5.91 Å². The summed E-state index contributed by atoms with van der Waals surface area (Å²) in [6.45, 7) is 4.16. The number of methoxy groups -OCH3 is 1. The Bertz CT molecular complexity index is 798. The summed E-state index contributed by atoms with van der Waals surface area (Å²) < 4.78 is 7.64. The normalized spacial score (nSPS) is 18.3. The molecule has 2 aliphatic carbocycles. The maximum absolute atomic E-state index is 12.9. The van der Waals surface area contributed by atoms with Crippen molar-refractivity contribution in [2.24, 2.45) is 0 Å². The first-order valence-corrected chi connectivity index (χ1v) is 8.69. The van der Waals surface area contributed by atoms with Gasteiger partial charge >= 0.3 is 0 Å². The van der Waals surface area contributed by atoms with Gasteiger partial charge in [-0.2, -0.15) is 0 Å². The van der Waals surface area contributed by atoms with Crippen LogP contribution in [0.25, 0.3) is 0 Å². The minimum Gasteiger partial charge on any atom is -0.497 e. The molecule has 4 heteroatoms. The van der Waals surface area contributed by atoms with E-state index in [1.165, 1.54) is 18.5 Å². The average Bonchev–Trinajstić information content (AvgIpc) is 3.49. The minimum atomic E-state index is -0.229. The molecule has 0 spiro atoms. The number of carbonyl (C=O) groups excluding carboxylic acids is 1. The van der Waals surface area contributed by atoms with Gasteiger partial charge in [-0.05, 0) is 63.3 Å². The van der Waals surface area contributed by atoms with E-state index in [0.717, 1.165) is 35.4 Å². The van der Waals surface area contributed by atoms with Crippen molar-refractivity contribution in [2.45, 2.75) is 51.1 Å². The summed E-state index contributed by atoms with van der Waals surface area (Å²) in [5.41, 5.74) is 3.99. The largest absolute Gasteiger partial charge is 0.497 e. The van der Waals surface area contributed by atoms with Crippen molar-refractivity contribution in [3.8, 4) is 5.75 Å². The summed E-state index contributed by atoms with van der Waals surface area (Å²) in [5, 5.41) is 3.28. The Kier molecular flexibility index (Phi) is 3.44. The van der Waals surface area contributed by atoms with Crippen LogP contribution in [-0.2, 0) is 5.54 Å². The molecule has 24 heavy (non-hydrogen) atoms. The lowest BCUT2D eigenvalue weighted by Crippen LogP contribution is -2.35. The van der Waals surface area contributed by atoms with Crippen molar-refractivity contribution in [3.63, 3.8) is 0 Å². The van der Waals surface area contributed by atoms with Crippen LogP contribution in [0.15, 0.2) is 30.3 Å². The van der Waals surface area contributed by atoms with Gasteiger partial charge in [-0.25, -0.2) is 0 Å². The Labute approximate surface area is 142 Å². The third kappa shape index (κ3) is 2.50. The van der Waals surface area contributed by atoms with Crippen molar-refractivity contribution in [1.29, 1.82) is 0 Å². The van der Waals surface area contributed by atoms with Crippen LogP contribution in [0, 0.1) is 13.8 Å². The second-order valence-electron chi connectivity index (χ2n) is 7.15. The summed E-state index contributed by atoms with van der Waals surface area (Å²) in [6, 6.07) is 10.7. The van der Waals surface area contributed by atoms with Gasteiger partial charge in [0.2, 0.25) is 0 Å². The number of aryl methyl sites for hydroxylation is 1. The Balaban J connectivity index is 1.59. The standard InChI is InChI=1S/C20H24N2O2/c1-13-11-18(14(2)22(13)16-7-8-16)19(23)21-20(9-10-20)15-5-4-6-17(12-15)24-3/h4-6,11-12,16H,7-10H2,1-3H3,(H,21,23). The second kappa shape index (κ2) is 5.40. The van der Waals surface area contributed by atoms with Crippen molar-refractivity contribution >= 4 is 5.91 Å². The van der Waals surface area contributed by atoms with E-state index in [2.05, 4.69) is 29.8 Å². The number of benzene rings is 1. The van der Waals surface area contributed by atoms with Crippen LogP contribution in [0.1, 0.15) is 59.0 Å². The Morgan fingerprint density at radius 1 is 1.25 bits per heavy atom. The number of hydrogen-bond acceptors (Lipinski definition) is 2. The van der Waals surface area contributed by atoms with Crippen molar-refractivity contribution in [3.05, 3.63) is 52.8 Å². The molecular weight excluding hydrogens is 300 g/mol. The van der Waals surface area contributed by atoms with Gasteiger partial charge in [0.05, 0.1) is 18.2 Å². The molecule has 2 aliphatic rings. The molecule has 1 aromatic heterocycles. The first-order chi connectivity index (χ1) is 11.5. The number of nitrogens with one attached hydrogen (secondary N) is 1. The zero-order valence-electron chi connectivity index (χ0n) is 14.6. The number of hydrogen-bond donors (Lipinski definition) is 1. The molecule has 0 bridgehead atoms. The topological polar surface area (TPSA) is 43.3 Å². The van der Waals surface area contributed by atoms with Gasteiger partial charge in [0, 0.05) is 17.4 Å². The predicted molar refractivity (Wildman–Crippen MR) is 93.5 cm³/mol. The Morgan fingerprint density at radius 3 is 2.62 bits per heavy atom. The second-order valence-corrected chi connectivity index (χ2v) is 7.15. The molecule has 1 heterocycles. The molecule has 2 aromatic rings. The lowest BCUT2D eigenvalue weighted by molar-refractivity contribution is 0.0930. The summed E-state index contributed by atoms with van der Waals surface area (Å²) in [6.07, 6.45) is 4.41. The quantitative estimate of drug-likeness (QED) is 0.907. The highest BCUT2D eigenvalue weighted by molar-refractivity contribution is 5.96. The van der Waals surface area contributed by atoms with E-state index in [0.29, 0.717) is 6.04 Å². The molecule has 1 amide bonds. The summed E-state index contributed by atoms with van der Waals surface area (Å²) in [5.74, 6) is 0.871. The summed E-state index contributed by atoms with van der Waals surface area (Å²) in [7, 11) is 1.67. The van der Waals surface area contributed by atoms with Gasteiger partial charge in [-0.15, -0.1) is 0 Å². The van der Waals surface area contributed by atoms with Crippen LogP contribution in [0.4, 0.5) is 0 Å². The van der Waals surface area contributed by atoms with E-state index in [4.69, 9.17) is 4.74 Å². The van der Waals surface area contributed by atoms with Gasteiger partial charge in [0.15, 0.2) is 0 Å². The van der Waals surface area contributed by atoms with Gasteiger partial charge in [0.1, 0.15) is 5.75 Å². The fourth-order valence-electron chi connectivity index (χ4n) is 3.72. The molecule has 0 saturated heterocycles. The maximum atomic E-state index is 12.9. The zero-order valence-corrected chi connectivity index (χ0v) is 14.6. The van der Waals surface area contributed by atoms with Crippen molar-refractivity contribution in [1.82, 2.24) is 9.88 Å². The fraction of sp³-hybridized carbons (Fsp3) is 0.450. The molecule has 4 rings (SSSR count). The highest BCUT2D eigenvalue weighted by atomic mass is 16.5. The van der Waals surface area contributed by atoms with Gasteiger partial charge in [-0.1, -0.05) is 12.1 Å². The predicted octanol–water partition coefficient (Wildman–Crippen LogP) is 3.87. The Morgan fingerprint density at radius 2 is 2.00 bits per heavy atom. The first-order valence-electron chi connectivity index (χ1n) is 8.69. The Hall–Kier alpha value is -2.23. The molecule has 2 fully saturated rings. The summed E-state index contributed by atoms with van der Waals surface area (Å²) >= 11 is 0. The number of carbonyl (C=O) groups is 1. The molecule has 2 saturated carbocycles.